The Labute approximate surface area is 152 Å². The zero-order valence-corrected chi connectivity index (χ0v) is 14.5. The fourth-order valence-electron chi connectivity index (χ4n) is 2.86. The minimum atomic E-state index is -0.479. The van der Waals surface area contributed by atoms with E-state index in [2.05, 4.69) is 26.1 Å². The summed E-state index contributed by atoms with van der Waals surface area (Å²) in [5.41, 5.74) is 1.97. The van der Waals surface area contributed by atoms with Crippen molar-refractivity contribution in [1.82, 2.24) is 29.2 Å². The number of H-pyrrole nitrogens is 1. The summed E-state index contributed by atoms with van der Waals surface area (Å²) in [4.78, 5) is 35.7. The number of pyridine rings is 1. The molecule has 0 fully saturated rings. The number of nitrogens with zero attached hydrogens (tertiary/aromatic N) is 7. The lowest BCUT2D eigenvalue weighted by Crippen LogP contribution is -2.42. The number of nitriles is 1. The maximum absolute atomic E-state index is 12.3. The molecule has 10 heteroatoms. The van der Waals surface area contributed by atoms with Crippen LogP contribution in [0.5, 0.6) is 0 Å². The van der Waals surface area contributed by atoms with Crippen molar-refractivity contribution in [3.8, 4) is 17.5 Å². The van der Waals surface area contributed by atoms with Gasteiger partial charge in [-0.15, -0.1) is 0 Å². The molecule has 1 amide bonds. The van der Waals surface area contributed by atoms with Crippen molar-refractivity contribution in [2.75, 3.05) is 12.1 Å². The predicted octanol–water partition coefficient (Wildman–Crippen LogP) is 0.810. The summed E-state index contributed by atoms with van der Waals surface area (Å²) in [6.07, 6.45) is 5.00. The molecule has 27 heavy (non-hydrogen) atoms. The summed E-state index contributed by atoms with van der Waals surface area (Å²) < 4.78 is 2.79. The van der Waals surface area contributed by atoms with Crippen LogP contribution in [-0.2, 0) is 4.79 Å². The van der Waals surface area contributed by atoms with E-state index in [0.29, 0.717) is 28.0 Å². The van der Waals surface area contributed by atoms with Gasteiger partial charge in [-0.25, -0.2) is 24.3 Å². The molecule has 0 atom stereocenters. The van der Waals surface area contributed by atoms with E-state index >= 15 is 0 Å². The highest BCUT2D eigenvalue weighted by Crippen LogP contribution is 2.23. The summed E-state index contributed by atoms with van der Waals surface area (Å²) in [6, 6.07) is 5.43. The average Bonchev–Trinajstić information content (AvgIpc) is 3.25. The molecule has 10 nitrogen and oxygen atoms in total. The normalized spacial score (nSPS) is 11.0. The summed E-state index contributed by atoms with van der Waals surface area (Å²) >= 11 is 0. The largest absolute Gasteiger partial charge is 0.347 e. The molecule has 4 aromatic heterocycles. The molecule has 0 saturated carbocycles. The zero-order valence-electron chi connectivity index (χ0n) is 14.5. The van der Waals surface area contributed by atoms with Gasteiger partial charge in [0.25, 0.3) is 0 Å². The average molecular weight is 362 g/mol. The fraction of sp³-hybridized carbons (Fsp3) is 0.176. The van der Waals surface area contributed by atoms with Crippen molar-refractivity contribution in [1.29, 1.82) is 5.26 Å². The van der Waals surface area contributed by atoms with Crippen LogP contribution in [0.25, 0.3) is 28.1 Å². The molecule has 0 aliphatic carbocycles. The Kier molecular flexibility index (Phi) is 3.70. The zero-order chi connectivity index (χ0) is 19.1. The Morgan fingerprint density at radius 2 is 2.22 bits per heavy atom. The first kappa shape index (κ1) is 16.5. The molecule has 1 N–H and O–H groups in total. The van der Waals surface area contributed by atoms with E-state index in [4.69, 9.17) is 5.26 Å². The number of imidazole rings is 1. The molecule has 4 rings (SSSR count). The lowest BCUT2D eigenvalue weighted by molar-refractivity contribution is -0.119. The third-order valence-corrected chi connectivity index (χ3v) is 4.26. The Morgan fingerprint density at radius 3 is 2.96 bits per heavy atom. The van der Waals surface area contributed by atoms with Crippen LogP contribution in [0.2, 0.25) is 0 Å². The maximum Gasteiger partial charge on any atom is 0.347 e. The number of hydrogen-bond acceptors (Lipinski definition) is 6. The molecule has 0 spiro atoms. The number of carbonyl (C=O) groups is 1. The van der Waals surface area contributed by atoms with Gasteiger partial charge in [0.1, 0.15) is 5.52 Å². The molecule has 0 radical (unpaired) electrons. The van der Waals surface area contributed by atoms with Gasteiger partial charge < -0.3 is 4.98 Å². The molecule has 4 heterocycles. The van der Waals surface area contributed by atoms with Gasteiger partial charge in [-0.2, -0.15) is 15.0 Å². The smallest absolute Gasteiger partial charge is 0.301 e. The summed E-state index contributed by atoms with van der Waals surface area (Å²) in [5, 5.41) is 14.6. The number of aromatic amines is 1. The molecule has 134 valence electrons. The van der Waals surface area contributed by atoms with Gasteiger partial charge in [0.15, 0.2) is 11.5 Å². The lowest BCUT2D eigenvalue weighted by atomic mass is 10.2. The molecule has 0 saturated heterocycles. The highest BCUT2D eigenvalue weighted by atomic mass is 16.2. The summed E-state index contributed by atoms with van der Waals surface area (Å²) in [7, 11) is 1.51. The first-order chi connectivity index (χ1) is 13.0. The van der Waals surface area contributed by atoms with Crippen LogP contribution in [0.1, 0.15) is 18.9 Å². The monoisotopic (exact) mass is 362 g/mol. The molecule has 0 unspecified atom stereocenters. The van der Waals surface area contributed by atoms with Gasteiger partial charge in [0.05, 0.1) is 35.1 Å². The number of hydrogen-bond donors (Lipinski definition) is 1. The highest BCUT2D eigenvalue weighted by molar-refractivity contribution is 5.87. The first-order valence-electron chi connectivity index (χ1n) is 8.16. The number of rotatable bonds is 3. The second-order valence-electron chi connectivity index (χ2n) is 5.86. The number of nitrogens with one attached hydrogen (secondary N) is 1. The van der Waals surface area contributed by atoms with Crippen molar-refractivity contribution < 1.29 is 4.79 Å². The van der Waals surface area contributed by atoms with Crippen LogP contribution >= 0.6 is 0 Å². The minimum Gasteiger partial charge on any atom is -0.301 e. The standard InChI is InChI=1S/C17H14N8O2/c1-3-14(26)23(2)25-16-12(21-17(25)27)9-19-15(22-16)11-8-20-24-5-4-10(7-18)6-13(11)24/h4-6,8-9H,3H2,1-2H3,(H,21,27). The molecular weight excluding hydrogens is 348 g/mol. The van der Waals surface area contributed by atoms with E-state index < -0.39 is 5.69 Å². The number of carbonyl (C=O) groups excluding carboxylic acids is 1. The third kappa shape index (κ3) is 2.53. The van der Waals surface area contributed by atoms with E-state index in [-0.39, 0.29) is 18.0 Å². The van der Waals surface area contributed by atoms with Crippen LogP contribution in [0.4, 0.5) is 0 Å². The van der Waals surface area contributed by atoms with Gasteiger partial charge in [0.2, 0.25) is 5.91 Å². The number of aromatic nitrogens is 6. The first-order valence-corrected chi connectivity index (χ1v) is 8.16. The van der Waals surface area contributed by atoms with E-state index in [0.717, 1.165) is 0 Å². The molecule has 4 aromatic rings. The van der Waals surface area contributed by atoms with Crippen molar-refractivity contribution in [2.24, 2.45) is 0 Å². The van der Waals surface area contributed by atoms with Crippen LogP contribution in [-0.4, -0.2) is 42.2 Å². The van der Waals surface area contributed by atoms with E-state index in [1.807, 2.05) is 0 Å². The van der Waals surface area contributed by atoms with Crippen LogP contribution in [0.3, 0.4) is 0 Å². The van der Waals surface area contributed by atoms with Crippen LogP contribution < -0.4 is 10.7 Å². The molecule has 0 aliphatic rings. The third-order valence-electron chi connectivity index (χ3n) is 4.26. The van der Waals surface area contributed by atoms with Crippen molar-refractivity contribution in [3.05, 3.63) is 46.8 Å². The molecule has 0 aromatic carbocycles. The van der Waals surface area contributed by atoms with Gasteiger partial charge in [-0.3, -0.25) is 4.79 Å². The fourth-order valence-corrected chi connectivity index (χ4v) is 2.86. The highest BCUT2D eigenvalue weighted by Gasteiger charge is 2.18. The second-order valence-corrected chi connectivity index (χ2v) is 5.86. The summed E-state index contributed by atoms with van der Waals surface area (Å²) in [5.74, 6) is 0.102. The molecule has 0 aliphatic heterocycles. The van der Waals surface area contributed by atoms with E-state index in [1.54, 1.807) is 36.0 Å². The van der Waals surface area contributed by atoms with E-state index in [1.165, 1.54) is 22.9 Å². The van der Waals surface area contributed by atoms with Gasteiger partial charge >= 0.3 is 5.69 Å². The minimum absolute atomic E-state index is 0.229. The van der Waals surface area contributed by atoms with Gasteiger partial charge in [0, 0.05) is 19.7 Å². The molecule has 0 bridgehead atoms. The van der Waals surface area contributed by atoms with E-state index in [9.17, 15) is 9.59 Å². The Hall–Kier alpha value is -4.00. The lowest BCUT2D eigenvalue weighted by Gasteiger charge is -2.16. The SMILES string of the molecule is CCC(=O)N(C)n1c(=O)[nH]c2cnc(-c3cnn4ccc(C#N)cc34)nc21. The van der Waals surface area contributed by atoms with Crippen LogP contribution in [0.15, 0.2) is 35.5 Å². The predicted molar refractivity (Wildman–Crippen MR) is 96.5 cm³/mol. The quantitative estimate of drug-likeness (QED) is 0.575. The van der Waals surface area contributed by atoms with Crippen molar-refractivity contribution in [2.45, 2.75) is 13.3 Å². The van der Waals surface area contributed by atoms with Crippen molar-refractivity contribution >= 4 is 22.6 Å². The van der Waals surface area contributed by atoms with Gasteiger partial charge in [-0.05, 0) is 12.1 Å². The number of amides is 1. The van der Waals surface area contributed by atoms with Crippen LogP contribution in [0, 0.1) is 11.3 Å². The Bertz CT molecular complexity index is 1290. The topological polar surface area (TPSA) is 125 Å². The summed E-state index contributed by atoms with van der Waals surface area (Å²) in [6.45, 7) is 1.71. The Morgan fingerprint density at radius 1 is 1.41 bits per heavy atom. The second kappa shape index (κ2) is 6.06. The van der Waals surface area contributed by atoms with Crippen molar-refractivity contribution in [3.63, 3.8) is 0 Å². The molecular formula is C17H14N8O2. The van der Waals surface area contributed by atoms with Gasteiger partial charge in [-0.1, -0.05) is 6.92 Å². The Balaban J connectivity index is 1.93. The maximum atomic E-state index is 12.3. The number of fused-ring (bicyclic) bond motifs is 2.